The molecule has 0 saturated heterocycles. The van der Waals surface area contributed by atoms with Gasteiger partial charge in [-0.15, -0.1) is 11.3 Å². The minimum Gasteiger partial charge on any atom is -0.317 e. The number of thiophene rings is 1. The first-order valence-electron chi connectivity index (χ1n) is 8.06. The molecule has 0 aliphatic heterocycles. The molecule has 1 nitrogen and oxygen atoms in total. The summed E-state index contributed by atoms with van der Waals surface area (Å²) in [6, 6.07) is 5.31. The van der Waals surface area contributed by atoms with Crippen LogP contribution in [0.3, 0.4) is 0 Å². The van der Waals surface area contributed by atoms with E-state index in [1.54, 1.807) is 4.88 Å². The quantitative estimate of drug-likeness (QED) is 0.737. The van der Waals surface area contributed by atoms with Crippen LogP contribution in [0.5, 0.6) is 0 Å². The van der Waals surface area contributed by atoms with Crippen molar-refractivity contribution in [3.63, 3.8) is 0 Å². The molecule has 1 aliphatic rings. The van der Waals surface area contributed by atoms with E-state index >= 15 is 0 Å². The molecule has 1 aromatic rings. The van der Waals surface area contributed by atoms with E-state index in [0.29, 0.717) is 6.04 Å². The van der Waals surface area contributed by atoms with E-state index in [-0.39, 0.29) is 0 Å². The summed E-state index contributed by atoms with van der Waals surface area (Å²) in [5, 5.41) is 3.55. The van der Waals surface area contributed by atoms with E-state index in [4.69, 9.17) is 0 Å². The average molecular weight is 279 g/mol. The molecule has 0 aromatic carbocycles. The molecule has 1 unspecified atom stereocenters. The summed E-state index contributed by atoms with van der Waals surface area (Å²) in [7, 11) is 2.13. The van der Waals surface area contributed by atoms with Gasteiger partial charge in [0.1, 0.15) is 0 Å². The summed E-state index contributed by atoms with van der Waals surface area (Å²) in [5.41, 5.74) is 0. The highest BCUT2D eigenvalue weighted by Crippen LogP contribution is 2.28. The lowest BCUT2D eigenvalue weighted by Crippen LogP contribution is -2.29. The Kier molecular flexibility index (Phi) is 6.39. The lowest BCUT2D eigenvalue weighted by molar-refractivity contribution is 0.362. The van der Waals surface area contributed by atoms with Crippen molar-refractivity contribution in [3.05, 3.63) is 21.9 Å². The van der Waals surface area contributed by atoms with Crippen LogP contribution in [0.1, 0.15) is 61.6 Å². The monoisotopic (exact) mass is 279 g/mol. The zero-order chi connectivity index (χ0) is 13.5. The predicted octanol–water partition coefficient (Wildman–Crippen LogP) is 4.80. The van der Waals surface area contributed by atoms with Crippen LogP contribution in [0.15, 0.2) is 12.1 Å². The van der Waals surface area contributed by atoms with Gasteiger partial charge >= 0.3 is 0 Å². The molecule has 1 heterocycles. The molecule has 0 radical (unpaired) electrons. The molecule has 1 saturated carbocycles. The van der Waals surface area contributed by atoms with Gasteiger partial charge in [0, 0.05) is 15.8 Å². The third kappa shape index (κ3) is 4.92. The van der Waals surface area contributed by atoms with Crippen molar-refractivity contribution in [1.82, 2.24) is 5.32 Å². The maximum absolute atomic E-state index is 3.55. The van der Waals surface area contributed by atoms with Gasteiger partial charge < -0.3 is 5.32 Å². The van der Waals surface area contributed by atoms with Gasteiger partial charge in [0.15, 0.2) is 0 Å². The summed E-state index contributed by atoms with van der Waals surface area (Å²) >= 11 is 2.00. The van der Waals surface area contributed by atoms with Gasteiger partial charge in [-0.05, 0) is 44.4 Å². The van der Waals surface area contributed by atoms with E-state index in [9.17, 15) is 0 Å². The van der Waals surface area contributed by atoms with Gasteiger partial charge in [-0.25, -0.2) is 0 Å². The van der Waals surface area contributed by atoms with Crippen LogP contribution < -0.4 is 5.32 Å². The zero-order valence-corrected chi connectivity index (χ0v) is 13.4. The standard InChI is InChI=1S/C17H29NS/c1-3-16-10-11-17(19-16)13-15(18-2)12-14-8-6-4-5-7-9-14/h10-11,14-15,18H,3-9,12-13H2,1-2H3. The highest BCUT2D eigenvalue weighted by molar-refractivity contribution is 7.11. The summed E-state index contributed by atoms with van der Waals surface area (Å²) in [4.78, 5) is 3.09. The van der Waals surface area contributed by atoms with Crippen molar-refractivity contribution < 1.29 is 0 Å². The average Bonchev–Trinajstić information content (AvgIpc) is 2.73. The number of nitrogens with one attached hydrogen (secondary N) is 1. The first-order chi connectivity index (χ1) is 9.31. The SMILES string of the molecule is CCc1ccc(CC(CC2CCCCCC2)NC)s1. The van der Waals surface area contributed by atoms with Crippen molar-refractivity contribution in [3.8, 4) is 0 Å². The van der Waals surface area contributed by atoms with Gasteiger partial charge in [0.05, 0.1) is 0 Å². The Morgan fingerprint density at radius 2 is 1.84 bits per heavy atom. The van der Waals surface area contributed by atoms with Crippen LogP contribution in [0, 0.1) is 5.92 Å². The van der Waals surface area contributed by atoms with Crippen LogP contribution in [0.4, 0.5) is 0 Å². The molecule has 2 heteroatoms. The molecular weight excluding hydrogens is 250 g/mol. The van der Waals surface area contributed by atoms with Crippen molar-refractivity contribution in [2.45, 2.75) is 70.8 Å². The highest BCUT2D eigenvalue weighted by Gasteiger charge is 2.18. The van der Waals surface area contributed by atoms with Crippen molar-refractivity contribution >= 4 is 11.3 Å². The van der Waals surface area contributed by atoms with Crippen molar-refractivity contribution in [2.75, 3.05) is 7.05 Å². The molecule has 0 spiro atoms. The van der Waals surface area contributed by atoms with E-state index < -0.39 is 0 Å². The Morgan fingerprint density at radius 1 is 1.16 bits per heavy atom. The summed E-state index contributed by atoms with van der Waals surface area (Å²) in [6.07, 6.45) is 12.5. The van der Waals surface area contributed by atoms with E-state index in [1.165, 1.54) is 62.7 Å². The predicted molar refractivity (Wildman–Crippen MR) is 86.1 cm³/mol. The molecule has 1 fully saturated rings. The fourth-order valence-electron chi connectivity index (χ4n) is 3.27. The maximum atomic E-state index is 3.55. The minimum atomic E-state index is 0.673. The number of hydrogen-bond acceptors (Lipinski definition) is 2. The van der Waals surface area contributed by atoms with Gasteiger partial charge in [-0.3, -0.25) is 0 Å². The summed E-state index contributed by atoms with van der Waals surface area (Å²) in [6.45, 7) is 2.25. The lowest BCUT2D eigenvalue weighted by Gasteiger charge is -2.21. The molecule has 1 atom stereocenters. The Hall–Kier alpha value is -0.340. The molecule has 0 amide bonds. The Labute approximate surface area is 122 Å². The minimum absolute atomic E-state index is 0.673. The lowest BCUT2D eigenvalue weighted by atomic mass is 9.91. The molecule has 2 rings (SSSR count). The second-order valence-corrected chi connectivity index (χ2v) is 7.26. The number of likely N-dealkylation sites (N-methyl/N-ethyl adjacent to an activating group) is 1. The van der Waals surface area contributed by atoms with E-state index in [2.05, 4.69) is 31.4 Å². The number of rotatable bonds is 6. The number of aryl methyl sites for hydroxylation is 1. The largest absolute Gasteiger partial charge is 0.317 e. The molecule has 108 valence electrons. The van der Waals surface area contributed by atoms with Gasteiger partial charge in [-0.1, -0.05) is 45.4 Å². The molecule has 0 bridgehead atoms. The normalized spacial score (nSPS) is 19.3. The third-order valence-electron chi connectivity index (χ3n) is 4.51. The second kappa shape index (κ2) is 8.06. The van der Waals surface area contributed by atoms with Crippen LogP contribution in [-0.4, -0.2) is 13.1 Å². The fraction of sp³-hybridized carbons (Fsp3) is 0.765. The summed E-state index contributed by atoms with van der Waals surface area (Å²) < 4.78 is 0. The molecule has 1 aromatic heterocycles. The molecule has 1 N–H and O–H groups in total. The highest BCUT2D eigenvalue weighted by atomic mass is 32.1. The third-order valence-corrected chi connectivity index (χ3v) is 5.77. The molecule has 19 heavy (non-hydrogen) atoms. The zero-order valence-electron chi connectivity index (χ0n) is 12.6. The fourth-order valence-corrected chi connectivity index (χ4v) is 4.31. The molecular formula is C17H29NS. The van der Waals surface area contributed by atoms with Crippen LogP contribution in [0.2, 0.25) is 0 Å². The topological polar surface area (TPSA) is 12.0 Å². The molecule has 1 aliphatic carbocycles. The van der Waals surface area contributed by atoms with Crippen LogP contribution in [-0.2, 0) is 12.8 Å². The Morgan fingerprint density at radius 3 is 2.42 bits per heavy atom. The van der Waals surface area contributed by atoms with Crippen LogP contribution in [0.25, 0.3) is 0 Å². The van der Waals surface area contributed by atoms with Crippen molar-refractivity contribution in [2.24, 2.45) is 5.92 Å². The Bertz CT molecular complexity index is 350. The Balaban J connectivity index is 1.84. The van der Waals surface area contributed by atoms with Gasteiger partial charge in [0.25, 0.3) is 0 Å². The first kappa shape index (κ1) is 15.1. The van der Waals surface area contributed by atoms with Gasteiger partial charge in [0.2, 0.25) is 0 Å². The second-order valence-electron chi connectivity index (χ2n) is 6.00. The van der Waals surface area contributed by atoms with Gasteiger partial charge in [-0.2, -0.15) is 0 Å². The van der Waals surface area contributed by atoms with Crippen molar-refractivity contribution in [1.29, 1.82) is 0 Å². The van der Waals surface area contributed by atoms with E-state index in [1.807, 2.05) is 11.3 Å². The summed E-state index contributed by atoms with van der Waals surface area (Å²) in [5.74, 6) is 0.963. The number of hydrogen-bond donors (Lipinski definition) is 1. The van der Waals surface area contributed by atoms with E-state index in [0.717, 1.165) is 5.92 Å². The first-order valence-corrected chi connectivity index (χ1v) is 8.88. The maximum Gasteiger partial charge on any atom is 0.0115 e. The van der Waals surface area contributed by atoms with Crippen LogP contribution >= 0.6 is 11.3 Å². The smallest absolute Gasteiger partial charge is 0.0115 e.